The Kier molecular flexibility index (Phi) is 4.84. The number of carbonyl (C=O) groups excluding carboxylic acids is 1. The molecule has 0 saturated heterocycles. The highest BCUT2D eigenvalue weighted by molar-refractivity contribution is 5.58. The van der Waals surface area contributed by atoms with E-state index in [-0.39, 0.29) is 6.04 Å². The number of ether oxygens (including phenoxy) is 1. The lowest BCUT2D eigenvalue weighted by molar-refractivity contribution is -0.109. The molecule has 0 bridgehead atoms. The highest BCUT2D eigenvalue weighted by Crippen LogP contribution is 2.12. The molecule has 82 valence electrons. The maximum absolute atomic E-state index is 10.6. The minimum absolute atomic E-state index is 0.108. The minimum Gasteiger partial charge on any atom is -0.494 e. The van der Waals surface area contributed by atoms with Crippen molar-refractivity contribution >= 4 is 6.29 Å². The van der Waals surface area contributed by atoms with Crippen LogP contribution in [0.15, 0.2) is 24.3 Å². The summed E-state index contributed by atoms with van der Waals surface area (Å²) in [6, 6.07) is 7.72. The van der Waals surface area contributed by atoms with Crippen molar-refractivity contribution in [3.63, 3.8) is 0 Å². The second kappa shape index (κ2) is 6.19. The quantitative estimate of drug-likeness (QED) is 0.717. The van der Waals surface area contributed by atoms with Crippen molar-refractivity contribution in [2.45, 2.75) is 19.4 Å². The minimum atomic E-state index is -0.108. The number of hydrogen-bond donors (Lipinski definition) is 1. The van der Waals surface area contributed by atoms with E-state index in [9.17, 15) is 4.79 Å². The van der Waals surface area contributed by atoms with Gasteiger partial charge in [0.2, 0.25) is 0 Å². The van der Waals surface area contributed by atoms with Crippen molar-refractivity contribution in [2.75, 3.05) is 13.7 Å². The van der Waals surface area contributed by atoms with Crippen LogP contribution in [0.25, 0.3) is 0 Å². The second-order valence-corrected chi connectivity index (χ2v) is 3.31. The third-order valence-corrected chi connectivity index (χ3v) is 2.23. The first-order chi connectivity index (χ1) is 7.30. The molecule has 1 N–H and O–H groups in total. The fraction of sp³-hybridized carbons (Fsp3) is 0.417. The van der Waals surface area contributed by atoms with Gasteiger partial charge >= 0.3 is 0 Å². The van der Waals surface area contributed by atoms with Crippen molar-refractivity contribution in [3.05, 3.63) is 29.8 Å². The lowest BCUT2D eigenvalue weighted by Gasteiger charge is -2.09. The van der Waals surface area contributed by atoms with E-state index in [0.717, 1.165) is 17.6 Å². The molecule has 1 aromatic rings. The summed E-state index contributed by atoms with van der Waals surface area (Å²) in [6.45, 7) is 2.63. The second-order valence-electron chi connectivity index (χ2n) is 3.31. The van der Waals surface area contributed by atoms with Crippen LogP contribution in [0.4, 0.5) is 0 Å². The number of benzene rings is 1. The Morgan fingerprint density at radius 2 is 2.07 bits per heavy atom. The first-order valence-corrected chi connectivity index (χ1v) is 5.14. The first-order valence-electron chi connectivity index (χ1n) is 5.14. The molecule has 0 radical (unpaired) electrons. The molecule has 1 rings (SSSR count). The number of aldehydes is 1. The van der Waals surface area contributed by atoms with Crippen molar-refractivity contribution < 1.29 is 9.53 Å². The number of carbonyl (C=O) groups is 1. The number of hydrogen-bond acceptors (Lipinski definition) is 3. The Morgan fingerprint density at radius 3 is 2.53 bits per heavy atom. The van der Waals surface area contributed by atoms with Gasteiger partial charge in [0.1, 0.15) is 12.0 Å². The average molecular weight is 207 g/mol. The summed E-state index contributed by atoms with van der Waals surface area (Å²) in [5.74, 6) is 0.869. The van der Waals surface area contributed by atoms with E-state index in [1.165, 1.54) is 0 Å². The molecule has 0 aliphatic heterocycles. The molecule has 0 heterocycles. The van der Waals surface area contributed by atoms with Gasteiger partial charge < -0.3 is 14.8 Å². The van der Waals surface area contributed by atoms with E-state index in [1.54, 1.807) is 7.05 Å². The summed E-state index contributed by atoms with van der Waals surface area (Å²) < 4.78 is 5.33. The van der Waals surface area contributed by atoms with Gasteiger partial charge in [-0.1, -0.05) is 12.1 Å². The SMILES string of the molecule is CCOc1ccc(C[C@@H](C=O)NC)cc1. The van der Waals surface area contributed by atoms with E-state index < -0.39 is 0 Å². The van der Waals surface area contributed by atoms with Crippen molar-refractivity contribution in [2.24, 2.45) is 0 Å². The normalized spacial score (nSPS) is 12.1. The van der Waals surface area contributed by atoms with Crippen LogP contribution in [0.1, 0.15) is 12.5 Å². The van der Waals surface area contributed by atoms with Crippen LogP contribution in [0.2, 0.25) is 0 Å². The average Bonchev–Trinajstić information content (AvgIpc) is 2.28. The summed E-state index contributed by atoms with van der Waals surface area (Å²) in [6.07, 6.45) is 1.64. The van der Waals surface area contributed by atoms with Gasteiger partial charge in [-0.05, 0) is 38.1 Å². The van der Waals surface area contributed by atoms with E-state index in [0.29, 0.717) is 13.0 Å². The van der Waals surface area contributed by atoms with E-state index >= 15 is 0 Å². The van der Waals surface area contributed by atoms with Gasteiger partial charge in [-0.15, -0.1) is 0 Å². The molecule has 0 fully saturated rings. The Hall–Kier alpha value is -1.35. The fourth-order valence-corrected chi connectivity index (χ4v) is 1.36. The Morgan fingerprint density at radius 1 is 1.40 bits per heavy atom. The standard InChI is InChI=1S/C12H17NO2/c1-3-15-12-6-4-10(5-7-12)8-11(9-14)13-2/h4-7,9,11,13H,3,8H2,1-2H3/t11-/m0/s1. The molecule has 0 amide bonds. The molecule has 0 unspecified atom stereocenters. The molecule has 15 heavy (non-hydrogen) atoms. The van der Waals surface area contributed by atoms with Crippen LogP contribution < -0.4 is 10.1 Å². The van der Waals surface area contributed by atoms with Gasteiger partial charge in [0.05, 0.1) is 12.6 Å². The molecule has 0 aliphatic rings. The monoisotopic (exact) mass is 207 g/mol. The van der Waals surface area contributed by atoms with Gasteiger partial charge in [-0.3, -0.25) is 0 Å². The lowest BCUT2D eigenvalue weighted by atomic mass is 10.1. The number of nitrogens with one attached hydrogen (secondary N) is 1. The third kappa shape index (κ3) is 3.72. The van der Waals surface area contributed by atoms with Crippen LogP contribution in [0, 0.1) is 0 Å². The Balaban J connectivity index is 2.59. The van der Waals surface area contributed by atoms with Gasteiger partial charge in [0.25, 0.3) is 0 Å². The van der Waals surface area contributed by atoms with Crippen molar-refractivity contribution in [1.82, 2.24) is 5.32 Å². The molecule has 0 spiro atoms. The first kappa shape index (κ1) is 11.7. The molecule has 1 aromatic carbocycles. The maximum Gasteiger partial charge on any atom is 0.137 e. The highest BCUT2D eigenvalue weighted by atomic mass is 16.5. The molecule has 0 aromatic heterocycles. The van der Waals surface area contributed by atoms with Crippen LogP contribution in [-0.4, -0.2) is 26.0 Å². The van der Waals surface area contributed by atoms with E-state index in [2.05, 4.69) is 5.32 Å². The summed E-state index contributed by atoms with van der Waals surface area (Å²) in [5, 5.41) is 2.94. The molecule has 0 saturated carbocycles. The third-order valence-electron chi connectivity index (χ3n) is 2.23. The molecule has 3 nitrogen and oxygen atoms in total. The summed E-state index contributed by atoms with van der Waals surface area (Å²) in [5.41, 5.74) is 1.13. The molecule has 0 aliphatic carbocycles. The van der Waals surface area contributed by atoms with Crippen LogP contribution in [-0.2, 0) is 11.2 Å². The molecule has 1 atom stereocenters. The summed E-state index contributed by atoms with van der Waals surface area (Å²) in [4.78, 5) is 10.6. The van der Waals surface area contributed by atoms with Crippen molar-refractivity contribution in [3.8, 4) is 5.75 Å². The molecule has 3 heteroatoms. The Labute approximate surface area is 90.4 Å². The summed E-state index contributed by atoms with van der Waals surface area (Å²) in [7, 11) is 1.79. The molecular weight excluding hydrogens is 190 g/mol. The van der Waals surface area contributed by atoms with Crippen LogP contribution >= 0.6 is 0 Å². The highest BCUT2D eigenvalue weighted by Gasteiger charge is 2.04. The predicted molar refractivity (Wildman–Crippen MR) is 60.2 cm³/mol. The summed E-state index contributed by atoms with van der Waals surface area (Å²) >= 11 is 0. The number of rotatable bonds is 6. The zero-order valence-electron chi connectivity index (χ0n) is 9.19. The Bertz CT molecular complexity index is 295. The molecular formula is C12H17NO2. The zero-order chi connectivity index (χ0) is 11.1. The number of likely N-dealkylation sites (N-methyl/N-ethyl adjacent to an activating group) is 1. The van der Waals surface area contributed by atoms with Gasteiger partial charge in [-0.25, -0.2) is 0 Å². The zero-order valence-corrected chi connectivity index (χ0v) is 9.19. The van der Waals surface area contributed by atoms with Crippen LogP contribution in [0.3, 0.4) is 0 Å². The van der Waals surface area contributed by atoms with Crippen LogP contribution in [0.5, 0.6) is 5.75 Å². The van der Waals surface area contributed by atoms with E-state index in [4.69, 9.17) is 4.74 Å². The lowest BCUT2D eigenvalue weighted by Crippen LogP contribution is -2.28. The van der Waals surface area contributed by atoms with Gasteiger partial charge in [-0.2, -0.15) is 0 Å². The predicted octanol–water partition coefficient (Wildman–Crippen LogP) is 1.41. The smallest absolute Gasteiger partial charge is 0.137 e. The van der Waals surface area contributed by atoms with Crippen molar-refractivity contribution in [1.29, 1.82) is 0 Å². The van der Waals surface area contributed by atoms with Gasteiger partial charge in [0, 0.05) is 0 Å². The van der Waals surface area contributed by atoms with E-state index in [1.807, 2.05) is 31.2 Å². The maximum atomic E-state index is 10.6. The topological polar surface area (TPSA) is 38.3 Å². The largest absolute Gasteiger partial charge is 0.494 e. The van der Waals surface area contributed by atoms with Gasteiger partial charge in [0.15, 0.2) is 0 Å². The fourth-order valence-electron chi connectivity index (χ4n) is 1.36.